The van der Waals surface area contributed by atoms with Crippen molar-refractivity contribution in [3.8, 4) is 22.3 Å². The summed E-state index contributed by atoms with van der Waals surface area (Å²) in [5.74, 6) is 0. The second-order valence-electron chi connectivity index (χ2n) is 10.9. The summed E-state index contributed by atoms with van der Waals surface area (Å²) in [6.07, 6.45) is 0. The summed E-state index contributed by atoms with van der Waals surface area (Å²) < 4.78 is 0. The first kappa shape index (κ1) is 24.8. The van der Waals surface area contributed by atoms with E-state index >= 15 is 0 Å². The third kappa shape index (κ3) is 3.96. The van der Waals surface area contributed by atoms with Crippen LogP contribution in [-0.2, 0) is 0 Å². The van der Waals surface area contributed by atoms with Crippen molar-refractivity contribution in [1.82, 2.24) is 0 Å². The third-order valence-corrected chi connectivity index (χ3v) is 11.4. The average Bonchev–Trinajstić information content (AvgIpc) is 3.44. The fourth-order valence-electron chi connectivity index (χ4n) is 6.75. The lowest BCUT2D eigenvalue weighted by molar-refractivity contribution is 1.31. The lowest BCUT2D eigenvalue weighted by Gasteiger charge is -2.21. The van der Waals surface area contributed by atoms with Gasteiger partial charge in [-0.05, 0) is 82.0 Å². The maximum absolute atomic E-state index is 2.37. The maximum Gasteiger partial charge on any atom is 0.0575 e. The molecule has 0 heterocycles. The Bertz CT molecular complexity index is 1780. The van der Waals surface area contributed by atoms with Gasteiger partial charge in [-0.2, -0.15) is 0 Å². The van der Waals surface area contributed by atoms with E-state index in [1.807, 2.05) is 0 Å². The molecule has 0 saturated carbocycles. The lowest BCUT2D eigenvalue weighted by Crippen LogP contribution is -2.18. The number of allylic oxidation sites excluding steroid dienone is 3. The summed E-state index contributed by atoms with van der Waals surface area (Å²) in [5.41, 5.74) is 21.2. The first-order valence-corrected chi connectivity index (χ1v) is 15.6. The summed E-state index contributed by atoms with van der Waals surface area (Å²) in [4.78, 5) is 0. The summed E-state index contributed by atoms with van der Waals surface area (Å²) in [7, 11) is -0.791. The highest BCUT2D eigenvalue weighted by atomic mass is 28.2. The molecule has 0 unspecified atom stereocenters. The summed E-state index contributed by atoms with van der Waals surface area (Å²) in [6, 6.07) is 46.6. The molecule has 5 aromatic carbocycles. The van der Waals surface area contributed by atoms with Gasteiger partial charge in [-0.3, -0.25) is 0 Å². The summed E-state index contributed by atoms with van der Waals surface area (Å²) in [5, 5.41) is 0. The SMILES string of the molecule is CC1=C(C)c2c(cccc2-c2ccccc2)[C]1[SiH2][C]1C(C)=C(c2ccccc2)c2c1cccc2-c1ccccc1. The quantitative estimate of drug-likeness (QED) is 0.199. The zero-order valence-electron chi connectivity index (χ0n) is 23.3. The first-order chi connectivity index (χ1) is 19.6. The van der Waals surface area contributed by atoms with E-state index in [4.69, 9.17) is 0 Å². The zero-order chi connectivity index (χ0) is 27.2. The number of hydrogen-bond acceptors (Lipinski definition) is 0. The molecule has 7 rings (SSSR count). The molecule has 0 atom stereocenters. The van der Waals surface area contributed by atoms with Crippen molar-refractivity contribution in [3.05, 3.63) is 177 Å². The van der Waals surface area contributed by atoms with Crippen LogP contribution in [0.2, 0.25) is 0 Å². The Morgan fingerprint density at radius 2 is 0.775 bits per heavy atom. The highest BCUT2D eigenvalue weighted by Gasteiger charge is 2.38. The van der Waals surface area contributed by atoms with Crippen molar-refractivity contribution < 1.29 is 0 Å². The van der Waals surface area contributed by atoms with Crippen LogP contribution in [0.15, 0.2) is 139 Å². The van der Waals surface area contributed by atoms with Crippen molar-refractivity contribution in [3.63, 3.8) is 0 Å². The molecule has 192 valence electrons. The monoisotopic (exact) mass is 528 g/mol. The van der Waals surface area contributed by atoms with Gasteiger partial charge < -0.3 is 0 Å². The molecule has 2 aliphatic rings. The van der Waals surface area contributed by atoms with Crippen LogP contribution in [0.4, 0.5) is 0 Å². The van der Waals surface area contributed by atoms with E-state index in [0.717, 1.165) is 0 Å². The molecular weight excluding hydrogens is 497 g/mol. The van der Waals surface area contributed by atoms with E-state index in [0.29, 0.717) is 0 Å². The highest BCUT2D eigenvalue weighted by Crippen LogP contribution is 2.51. The van der Waals surface area contributed by atoms with Crippen LogP contribution < -0.4 is 0 Å². The van der Waals surface area contributed by atoms with Crippen LogP contribution in [0.5, 0.6) is 0 Å². The van der Waals surface area contributed by atoms with Crippen LogP contribution in [-0.4, -0.2) is 9.52 Å². The summed E-state index contributed by atoms with van der Waals surface area (Å²) in [6.45, 7) is 7.03. The smallest absolute Gasteiger partial charge is 0.0575 e. The van der Waals surface area contributed by atoms with Crippen molar-refractivity contribution in [1.29, 1.82) is 0 Å². The normalized spacial score (nSPS) is 15.4. The third-order valence-electron chi connectivity index (χ3n) is 8.83. The summed E-state index contributed by atoms with van der Waals surface area (Å²) >= 11 is 0. The molecule has 2 aliphatic carbocycles. The fourth-order valence-corrected chi connectivity index (χ4v) is 9.05. The second kappa shape index (κ2) is 10.1. The van der Waals surface area contributed by atoms with Gasteiger partial charge in [-0.15, -0.1) is 0 Å². The van der Waals surface area contributed by atoms with E-state index in [9.17, 15) is 0 Å². The minimum Gasteiger partial charge on any atom is -0.0622 e. The van der Waals surface area contributed by atoms with Crippen LogP contribution in [0.3, 0.4) is 0 Å². The zero-order valence-corrected chi connectivity index (χ0v) is 24.7. The Hall–Kier alpha value is -4.20. The Morgan fingerprint density at radius 3 is 1.32 bits per heavy atom. The average molecular weight is 529 g/mol. The fraction of sp³-hybridized carbons (Fsp3) is 0.0769. The molecule has 0 bridgehead atoms. The standard InChI is InChI=1S/C39H32Si/c1-25-26(2)38(33-23-13-21-31(36(25)33)28-15-7-4-8-16-28)40-39-27(3)35(30-19-11-6-12-20-30)37-32(22-14-24-34(37)39)29-17-9-5-10-18-29/h4-24H,40H2,1-3H3. The van der Waals surface area contributed by atoms with E-state index in [1.54, 1.807) is 11.1 Å². The van der Waals surface area contributed by atoms with Gasteiger partial charge in [-0.1, -0.05) is 139 Å². The minimum absolute atomic E-state index is 0.791. The van der Waals surface area contributed by atoms with E-state index < -0.39 is 9.52 Å². The molecule has 0 nitrogen and oxygen atoms in total. The lowest BCUT2D eigenvalue weighted by atomic mass is 9.90. The Morgan fingerprint density at radius 1 is 0.350 bits per heavy atom. The molecule has 2 radical (unpaired) electrons. The van der Waals surface area contributed by atoms with Crippen molar-refractivity contribution in [2.45, 2.75) is 20.8 Å². The predicted molar refractivity (Wildman–Crippen MR) is 173 cm³/mol. The molecule has 0 aromatic heterocycles. The number of rotatable bonds is 5. The number of hydrogen-bond donors (Lipinski definition) is 0. The molecule has 5 aromatic rings. The molecule has 40 heavy (non-hydrogen) atoms. The topological polar surface area (TPSA) is 0 Å². The highest BCUT2D eigenvalue weighted by molar-refractivity contribution is 6.57. The van der Waals surface area contributed by atoms with E-state index in [2.05, 4.69) is 148 Å². The van der Waals surface area contributed by atoms with Crippen LogP contribution in [0, 0.1) is 11.1 Å². The first-order valence-electron chi connectivity index (χ1n) is 14.2. The van der Waals surface area contributed by atoms with E-state index in [1.165, 1.54) is 72.4 Å². The molecule has 0 saturated heterocycles. The Kier molecular flexibility index (Phi) is 6.25. The van der Waals surface area contributed by atoms with Gasteiger partial charge in [0.1, 0.15) is 0 Å². The minimum atomic E-state index is -0.791. The van der Waals surface area contributed by atoms with E-state index in [-0.39, 0.29) is 0 Å². The van der Waals surface area contributed by atoms with Crippen molar-refractivity contribution in [2.24, 2.45) is 0 Å². The predicted octanol–water partition coefficient (Wildman–Crippen LogP) is 9.29. The second-order valence-corrected chi connectivity index (χ2v) is 12.7. The maximum atomic E-state index is 2.37. The van der Waals surface area contributed by atoms with Crippen molar-refractivity contribution >= 4 is 20.7 Å². The van der Waals surface area contributed by atoms with Gasteiger partial charge >= 0.3 is 0 Å². The number of benzene rings is 5. The molecule has 0 fully saturated rings. The molecule has 0 amide bonds. The van der Waals surface area contributed by atoms with Gasteiger partial charge in [0.2, 0.25) is 0 Å². The Labute approximate surface area is 240 Å². The molecular formula is C39H32Si. The van der Waals surface area contributed by atoms with Gasteiger partial charge in [0, 0.05) is 11.1 Å². The Balaban J connectivity index is 1.37. The number of fused-ring (bicyclic) bond motifs is 2. The molecule has 0 N–H and O–H groups in total. The van der Waals surface area contributed by atoms with Crippen molar-refractivity contribution in [2.75, 3.05) is 0 Å². The van der Waals surface area contributed by atoms with Gasteiger partial charge in [-0.25, -0.2) is 0 Å². The van der Waals surface area contributed by atoms with Crippen LogP contribution in [0.1, 0.15) is 48.6 Å². The largest absolute Gasteiger partial charge is 0.0622 e. The molecule has 1 heteroatoms. The van der Waals surface area contributed by atoms with Gasteiger partial charge in [0.05, 0.1) is 9.52 Å². The molecule has 0 aliphatic heterocycles. The van der Waals surface area contributed by atoms with Crippen LogP contribution >= 0.6 is 0 Å². The van der Waals surface area contributed by atoms with Gasteiger partial charge in [0.15, 0.2) is 0 Å². The molecule has 0 spiro atoms. The van der Waals surface area contributed by atoms with Crippen LogP contribution in [0.25, 0.3) is 33.4 Å². The van der Waals surface area contributed by atoms with Gasteiger partial charge in [0.25, 0.3) is 0 Å².